The molecular weight excluding hydrogens is 218 g/mol. The lowest BCUT2D eigenvalue weighted by molar-refractivity contribution is 0.317. The van der Waals surface area contributed by atoms with Crippen LogP contribution in [0.2, 0.25) is 0 Å². The van der Waals surface area contributed by atoms with Crippen LogP contribution in [0.25, 0.3) is 0 Å². The van der Waals surface area contributed by atoms with Gasteiger partial charge in [0.2, 0.25) is 0 Å². The van der Waals surface area contributed by atoms with Crippen LogP contribution < -0.4 is 0 Å². The first-order chi connectivity index (χ1) is 8.65. The molecule has 0 N–H and O–H groups in total. The molecule has 1 aromatic rings. The van der Waals surface area contributed by atoms with Crippen LogP contribution in [0.5, 0.6) is 0 Å². The van der Waals surface area contributed by atoms with Crippen molar-refractivity contribution in [3.05, 3.63) is 28.6 Å². The predicted octanol–water partition coefficient (Wildman–Crippen LogP) is 4.43. The van der Waals surface area contributed by atoms with E-state index >= 15 is 0 Å². The number of pyridine rings is 1. The summed E-state index contributed by atoms with van der Waals surface area (Å²) >= 11 is 0. The zero-order chi connectivity index (χ0) is 12.8. The fraction of sp³-hybridized carbons (Fsp3) is 0.706. The molecule has 3 rings (SSSR count). The van der Waals surface area contributed by atoms with Gasteiger partial charge < -0.3 is 0 Å². The van der Waals surface area contributed by atoms with Crippen molar-refractivity contribution in [2.45, 2.75) is 71.6 Å². The number of rotatable bonds is 2. The maximum Gasteiger partial charge on any atom is 0.0464 e. The molecule has 0 bridgehead atoms. The Balaban J connectivity index is 2.06. The van der Waals surface area contributed by atoms with Crippen molar-refractivity contribution in [3.8, 4) is 0 Å². The highest BCUT2D eigenvalue weighted by molar-refractivity contribution is 5.43. The van der Waals surface area contributed by atoms with Crippen LogP contribution in [0.3, 0.4) is 0 Å². The predicted molar refractivity (Wildman–Crippen MR) is 76.0 cm³/mol. The van der Waals surface area contributed by atoms with Crippen molar-refractivity contribution in [2.24, 2.45) is 5.41 Å². The molecule has 0 radical (unpaired) electrons. The van der Waals surface area contributed by atoms with Gasteiger partial charge >= 0.3 is 0 Å². The second kappa shape index (κ2) is 4.36. The van der Waals surface area contributed by atoms with Gasteiger partial charge in [0.05, 0.1) is 0 Å². The van der Waals surface area contributed by atoms with Gasteiger partial charge in [-0.25, -0.2) is 0 Å². The Morgan fingerprint density at radius 1 is 1.17 bits per heavy atom. The van der Waals surface area contributed by atoms with E-state index in [0.717, 1.165) is 6.42 Å². The molecular formula is C17H25N. The Labute approximate surface area is 111 Å². The first kappa shape index (κ1) is 12.2. The van der Waals surface area contributed by atoms with Gasteiger partial charge in [0.15, 0.2) is 0 Å². The molecule has 1 spiro atoms. The summed E-state index contributed by atoms with van der Waals surface area (Å²) in [5.41, 5.74) is 6.83. The van der Waals surface area contributed by atoms with Gasteiger partial charge in [0.25, 0.3) is 0 Å². The van der Waals surface area contributed by atoms with Crippen LogP contribution in [-0.4, -0.2) is 4.98 Å². The molecule has 0 atom stereocenters. The highest BCUT2D eigenvalue weighted by Gasteiger charge is 2.41. The van der Waals surface area contributed by atoms with E-state index in [4.69, 9.17) is 4.98 Å². The lowest BCUT2D eigenvalue weighted by Crippen LogP contribution is -2.16. The molecule has 98 valence electrons. The minimum Gasteiger partial charge on any atom is -0.260 e. The van der Waals surface area contributed by atoms with E-state index in [1.165, 1.54) is 49.8 Å². The minimum absolute atomic E-state index is 0.571. The summed E-state index contributed by atoms with van der Waals surface area (Å²) in [5, 5.41) is 0. The fourth-order valence-electron chi connectivity index (χ4n) is 4.16. The number of nitrogens with zero attached hydrogens (tertiary/aromatic N) is 1. The first-order valence-electron chi connectivity index (χ1n) is 7.65. The molecule has 0 saturated heterocycles. The average molecular weight is 243 g/mol. The fourth-order valence-corrected chi connectivity index (χ4v) is 4.16. The summed E-state index contributed by atoms with van der Waals surface area (Å²) < 4.78 is 0. The van der Waals surface area contributed by atoms with Crippen molar-refractivity contribution in [3.63, 3.8) is 0 Å². The summed E-state index contributed by atoms with van der Waals surface area (Å²) in [6.07, 6.45) is 11.7. The Morgan fingerprint density at radius 3 is 2.44 bits per heavy atom. The summed E-state index contributed by atoms with van der Waals surface area (Å²) in [7, 11) is 0. The van der Waals surface area contributed by atoms with Crippen molar-refractivity contribution in [1.82, 2.24) is 4.98 Å². The van der Waals surface area contributed by atoms with E-state index in [-0.39, 0.29) is 0 Å². The molecule has 1 heterocycles. The molecule has 0 amide bonds. The number of aromatic nitrogens is 1. The third-order valence-corrected chi connectivity index (χ3v) is 5.12. The molecule has 1 saturated carbocycles. The lowest BCUT2D eigenvalue weighted by Gasteiger charge is -2.21. The number of hydrogen-bond acceptors (Lipinski definition) is 1. The van der Waals surface area contributed by atoms with Crippen LogP contribution in [0.15, 0.2) is 6.20 Å². The van der Waals surface area contributed by atoms with Crippen LogP contribution in [0.4, 0.5) is 0 Å². The van der Waals surface area contributed by atoms with E-state index in [1.54, 1.807) is 11.1 Å². The van der Waals surface area contributed by atoms with Crippen molar-refractivity contribution in [2.75, 3.05) is 0 Å². The van der Waals surface area contributed by atoms with Crippen LogP contribution in [-0.2, 0) is 19.3 Å². The maximum atomic E-state index is 4.78. The molecule has 1 fully saturated rings. The normalized spacial score (nSPS) is 20.9. The smallest absolute Gasteiger partial charge is 0.0464 e. The van der Waals surface area contributed by atoms with Crippen molar-refractivity contribution >= 4 is 0 Å². The Hall–Kier alpha value is -0.850. The van der Waals surface area contributed by atoms with Gasteiger partial charge in [-0.2, -0.15) is 0 Å². The van der Waals surface area contributed by atoms with Crippen molar-refractivity contribution in [1.29, 1.82) is 0 Å². The average Bonchev–Trinajstić information content (AvgIpc) is 2.94. The van der Waals surface area contributed by atoms with Crippen molar-refractivity contribution < 1.29 is 0 Å². The van der Waals surface area contributed by atoms with E-state index in [0.29, 0.717) is 11.3 Å². The molecule has 0 aliphatic heterocycles. The quantitative estimate of drug-likeness (QED) is 0.749. The minimum atomic E-state index is 0.571. The summed E-state index contributed by atoms with van der Waals surface area (Å²) in [6, 6.07) is 0. The standard InChI is InChI=1S/C17H25N/c1-4-13-11-18-16(12(2)3)15-10-17(9-14(13)15)7-5-6-8-17/h11-12H,4-10H2,1-3H3. The topological polar surface area (TPSA) is 12.9 Å². The first-order valence-corrected chi connectivity index (χ1v) is 7.65. The molecule has 18 heavy (non-hydrogen) atoms. The molecule has 1 nitrogen and oxygen atoms in total. The second-order valence-electron chi connectivity index (χ2n) is 6.69. The lowest BCUT2D eigenvalue weighted by atomic mass is 9.83. The van der Waals surface area contributed by atoms with Gasteiger partial charge in [0, 0.05) is 11.9 Å². The maximum absolute atomic E-state index is 4.78. The highest BCUT2D eigenvalue weighted by atomic mass is 14.7. The summed E-state index contributed by atoms with van der Waals surface area (Å²) in [6.45, 7) is 6.84. The molecule has 1 heteroatoms. The molecule has 2 aliphatic rings. The largest absolute Gasteiger partial charge is 0.260 e. The van der Waals surface area contributed by atoms with Crippen LogP contribution in [0, 0.1) is 5.41 Å². The Morgan fingerprint density at radius 2 is 1.83 bits per heavy atom. The molecule has 0 aromatic carbocycles. The SMILES string of the molecule is CCc1cnc(C(C)C)c2c1CC1(CCCC1)C2. The van der Waals surface area contributed by atoms with E-state index < -0.39 is 0 Å². The third kappa shape index (κ3) is 1.79. The monoisotopic (exact) mass is 243 g/mol. The second-order valence-corrected chi connectivity index (χ2v) is 6.69. The number of hydrogen-bond donors (Lipinski definition) is 0. The Kier molecular flexibility index (Phi) is 2.96. The van der Waals surface area contributed by atoms with E-state index in [9.17, 15) is 0 Å². The Bertz CT molecular complexity index is 453. The molecule has 2 aliphatic carbocycles. The van der Waals surface area contributed by atoms with Crippen LogP contribution >= 0.6 is 0 Å². The third-order valence-electron chi connectivity index (χ3n) is 5.12. The summed E-state index contributed by atoms with van der Waals surface area (Å²) in [5.74, 6) is 0.571. The van der Waals surface area contributed by atoms with Gasteiger partial charge in [-0.15, -0.1) is 0 Å². The van der Waals surface area contributed by atoms with E-state index in [1.807, 2.05) is 0 Å². The van der Waals surface area contributed by atoms with Crippen LogP contribution in [0.1, 0.15) is 74.8 Å². The van der Waals surface area contributed by atoms with E-state index in [2.05, 4.69) is 27.0 Å². The number of fused-ring (bicyclic) bond motifs is 1. The van der Waals surface area contributed by atoms with Gasteiger partial charge in [-0.05, 0) is 60.1 Å². The van der Waals surface area contributed by atoms with Gasteiger partial charge in [0.1, 0.15) is 0 Å². The molecule has 1 aromatic heterocycles. The summed E-state index contributed by atoms with van der Waals surface area (Å²) in [4.78, 5) is 4.78. The molecule has 0 unspecified atom stereocenters. The number of aryl methyl sites for hydroxylation is 1. The van der Waals surface area contributed by atoms with Gasteiger partial charge in [-0.3, -0.25) is 4.98 Å². The van der Waals surface area contributed by atoms with Gasteiger partial charge in [-0.1, -0.05) is 33.6 Å². The zero-order valence-corrected chi connectivity index (χ0v) is 12.1. The highest BCUT2D eigenvalue weighted by Crippen LogP contribution is 2.50. The zero-order valence-electron chi connectivity index (χ0n) is 12.1.